The first-order valence-electron chi connectivity index (χ1n) is 3.60. The highest BCUT2D eigenvalue weighted by Gasteiger charge is 2.18. The predicted molar refractivity (Wildman–Crippen MR) is 42.8 cm³/mol. The minimum absolute atomic E-state index is 0.394. The monoisotopic (exact) mass is 197 g/mol. The van der Waals surface area contributed by atoms with Gasteiger partial charge < -0.3 is 4.90 Å². The van der Waals surface area contributed by atoms with Crippen molar-refractivity contribution in [3.63, 3.8) is 0 Å². The molecule has 0 atom stereocenters. The molecule has 0 aliphatic carbocycles. The van der Waals surface area contributed by atoms with Gasteiger partial charge in [0.25, 0.3) is 0 Å². The van der Waals surface area contributed by atoms with Gasteiger partial charge in [-0.25, -0.2) is 0 Å². The van der Waals surface area contributed by atoms with Gasteiger partial charge in [-0.3, -0.25) is 4.79 Å². The molecule has 0 spiro atoms. The van der Waals surface area contributed by atoms with Crippen LogP contribution in [0.2, 0.25) is 0 Å². The van der Waals surface area contributed by atoms with E-state index in [9.17, 15) is 17.1 Å². The second-order valence-corrected chi connectivity index (χ2v) is 3.62. The van der Waals surface area contributed by atoms with E-state index in [1.807, 2.05) is 0 Å². The van der Waals surface area contributed by atoms with Gasteiger partial charge in [-0.1, -0.05) is 0 Å². The van der Waals surface area contributed by atoms with E-state index in [0.29, 0.717) is 13.1 Å². The van der Waals surface area contributed by atoms with Crippen LogP contribution >= 0.6 is 0 Å². The molecule has 0 N–H and O–H groups in total. The number of amides is 1. The Labute approximate surface area is 71.6 Å². The molecule has 0 aromatic carbocycles. The van der Waals surface area contributed by atoms with Crippen LogP contribution in [-0.2, 0) is 15.0 Å². The molecule has 12 heavy (non-hydrogen) atoms. The highest BCUT2D eigenvalue weighted by atomic mass is 32.3. The zero-order valence-corrected chi connectivity index (χ0v) is 7.90. The number of halogens is 1. The summed E-state index contributed by atoms with van der Waals surface area (Å²) >= 11 is 0. The van der Waals surface area contributed by atoms with Crippen molar-refractivity contribution in [2.75, 3.05) is 18.8 Å². The van der Waals surface area contributed by atoms with Crippen LogP contribution in [-0.4, -0.2) is 38.1 Å². The van der Waals surface area contributed by atoms with Crippen LogP contribution in [0.15, 0.2) is 0 Å². The topological polar surface area (TPSA) is 54.5 Å². The van der Waals surface area contributed by atoms with Crippen molar-refractivity contribution in [3.8, 4) is 0 Å². The average Bonchev–Trinajstić information content (AvgIpc) is 1.85. The van der Waals surface area contributed by atoms with E-state index >= 15 is 0 Å². The molecule has 1 amide bonds. The number of nitrogens with zero attached hydrogens (tertiary/aromatic N) is 1. The smallest absolute Gasteiger partial charge is 0.311 e. The van der Waals surface area contributed by atoms with Gasteiger partial charge in [-0.15, -0.1) is 3.89 Å². The molecule has 0 aromatic rings. The minimum atomic E-state index is -4.68. The molecular formula is C6H12FNO3S. The third-order valence-corrected chi connectivity index (χ3v) is 2.00. The fourth-order valence-electron chi connectivity index (χ4n) is 0.815. The molecule has 0 unspecified atom stereocenters. The predicted octanol–water partition coefficient (Wildman–Crippen LogP) is 0.154. The summed E-state index contributed by atoms with van der Waals surface area (Å²) in [5.41, 5.74) is 0. The van der Waals surface area contributed by atoms with Crippen molar-refractivity contribution in [2.24, 2.45) is 0 Å². The van der Waals surface area contributed by atoms with Crippen molar-refractivity contribution >= 4 is 16.1 Å². The quantitative estimate of drug-likeness (QED) is 0.603. The second-order valence-electron chi connectivity index (χ2n) is 2.25. The molecule has 6 heteroatoms. The van der Waals surface area contributed by atoms with Gasteiger partial charge in [0.05, 0.1) is 0 Å². The Morgan fingerprint density at radius 2 is 1.75 bits per heavy atom. The van der Waals surface area contributed by atoms with Crippen LogP contribution in [0.5, 0.6) is 0 Å². The van der Waals surface area contributed by atoms with Gasteiger partial charge in [0.2, 0.25) is 5.91 Å². The summed E-state index contributed by atoms with van der Waals surface area (Å²) in [4.78, 5) is 12.2. The summed E-state index contributed by atoms with van der Waals surface area (Å²) in [5.74, 6) is -1.74. The summed E-state index contributed by atoms with van der Waals surface area (Å²) in [6, 6.07) is 0. The van der Waals surface area contributed by atoms with Gasteiger partial charge in [-0.2, -0.15) is 8.42 Å². The molecule has 4 nitrogen and oxygen atoms in total. The number of rotatable bonds is 4. The van der Waals surface area contributed by atoms with E-state index < -0.39 is 21.9 Å². The summed E-state index contributed by atoms with van der Waals surface area (Å²) in [5, 5.41) is 0. The standard InChI is InChI=1S/C6H12FNO3S/c1-3-8(4-2)6(9)5-12(7,10)11/h3-5H2,1-2H3. The largest absolute Gasteiger partial charge is 0.342 e. The fraction of sp³-hybridized carbons (Fsp3) is 0.833. The zero-order valence-electron chi connectivity index (χ0n) is 7.08. The Morgan fingerprint density at radius 1 is 1.33 bits per heavy atom. The maximum absolute atomic E-state index is 12.0. The van der Waals surface area contributed by atoms with Crippen LogP contribution in [0.1, 0.15) is 13.8 Å². The highest BCUT2D eigenvalue weighted by Crippen LogP contribution is 1.96. The maximum atomic E-state index is 12.0. The molecule has 0 fully saturated rings. The molecule has 0 saturated carbocycles. The van der Waals surface area contributed by atoms with Crippen LogP contribution in [0.4, 0.5) is 3.89 Å². The van der Waals surface area contributed by atoms with E-state index in [4.69, 9.17) is 0 Å². The molecule has 0 radical (unpaired) electrons. The third-order valence-electron chi connectivity index (χ3n) is 1.41. The molecule has 0 aromatic heterocycles. The normalized spacial score (nSPS) is 11.2. The first kappa shape index (κ1) is 11.4. The van der Waals surface area contributed by atoms with Gasteiger partial charge in [0.15, 0.2) is 5.75 Å². The van der Waals surface area contributed by atoms with Crippen LogP contribution in [0, 0.1) is 0 Å². The summed E-state index contributed by atoms with van der Waals surface area (Å²) in [6.07, 6.45) is 0. The number of hydrogen-bond acceptors (Lipinski definition) is 3. The SMILES string of the molecule is CCN(CC)C(=O)CS(=O)(=O)F. The van der Waals surface area contributed by atoms with E-state index in [0.717, 1.165) is 0 Å². The Kier molecular flexibility index (Phi) is 4.16. The number of carbonyl (C=O) groups excluding carboxylic acids is 1. The number of hydrogen-bond donors (Lipinski definition) is 0. The molecule has 0 aliphatic heterocycles. The molecule has 72 valence electrons. The van der Waals surface area contributed by atoms with Crippen molar-refractivity contribution in [2.45, 2.75) is 13.8 Å². The first-order chi connectivity index (χ1) is 5.40. The lowest BCUT2D eigenvalue weighted by Gasteiger charge is -2.16. The average molecular weight is 197 g/mol. The van der Waals surface area contributed by atoms with Crippen molar-refractivity contribution in [1.82, 2.24) is 4.90 Å². The van der Waals surface area contributed by atoms with Gasteiger partial charge >= 0.3 is 10.2 Å². The Morgan fingerprint density at radius 3 is 2.00 bits per heavy atom. The fourth-order valence-corrected chi connectivity index (χ4v) is 1.29. The minimum Gasteiger partial charge on any atom is -0.342 e. The van der Waals surface area contributed by atoms with Crippen molar-refractivity contribution in [3.05, 3.63) is 0 Å². The zero-order chi connectivity index (χ0) is 9.78. The Balaban J connectivity index is 4.21. The van der Waals surface area contributed by atoms with E-state index in [-0.39, 0.29) is 0 Å². The van der Waals surface area contributed by atoms with Gasteiger partial charge in [0, 0.05) is 13.1 Å². The van der Waals surface area contributed by atoms with E-state index in [1.54, 1.807) is 13.8 Å². The van der Waals surface area contributed by atoms with E-state index in [2.05, 4.69) is 0 Å². The second kappa shape index (κ2) is 4.39. The summed E-state index contributed by atoms with van der Waals surface area (Å²) in [7, 11) is -4.68. The lowest BCUT2D eigenvalue weighted by atomic mass is 10.5. The van der Waals surface area contributed by atoms with Crippen molar-refractivity contribution in [1.29, 1.82) is 0 Å². The first-order valence-corrected chi connectivity index (χ1v) is 5.16. The van der Waals surface area contributed by atoms with Crippen LogP contribution in [0.3, 0.4) is 0 Å². The molecule has 0 saturated heterocycles. The molecule has 0 heterocycles. The Hall–Kier alpha value is -0.650. The lowest BCUT2D eigenvalue weighted by Crippen LogP contribution is -2.34. The third kappa shape index (κ3) is 4.27. The van der Waals surface area contributed by atoms with Crippen LogP contribution in [0.25, 0.3) is 0 Å². The Bertz CT molecular complexity index is 246. The van der Waals surface area contributed by atoms with Gasteiger partial charge in [-0.05, 0) is 13.8 Å². The molecule has 0 rings (SSSR count). The van der Waals surface area contributed by atoms with Crippen molar-refractivity contribution < 1.29 is 17.1 Å². The summed E-state index contributed by atoms with van der Waals surface area (Å²) in [6.45, 7) is 4.19. The number of carbonyl (C=O) groups is 1. The summed E-state index contributed by atoms with van der Waals surface area (Å²) < 4.78 is 32.1. The highest BCUT2D eigenvalue weighted by molar-refractivity contribution is 7.87. The maximum Gasteiger partial charge on any atom is 0.311 e. The molecule has 0 bridgehead atoms. The van der Waals surface area contributed by atoms with Crippen LogP contribution < -0.4 is 0 Å². The molecule has 0 aliphatic rings. The molecular weight excluding hydrogens is 185 g/mol. The van der Waals surface area contributed by atoms with E-state index in [1.165, 1.54) is 4.90 Å². The lowest BCUT2D eigenvalue weighted by molar-refractivity contribution is -0.128. The van der Waals surface area contributed by atoms with Gasteiger partial charge in [0.1, 0.15) is 0 Å².